The van der Waals surface area contributed by atoms with Crippen molar-refractivity contribution in [3.63, 3.8) is 0 Å². The van der Waals surface area contributed by atoms with E-state index in [0.29, 0.717) is 11.6 Å². The highest BCUT2D eigenvalue weighted by Crippen LogP contribution is 2.42. The Bertz CT molecular complexity index is 1090. The van der Waals surface area contributed by atoms with Crippen molar-refractivity contribution in [1.29, 1.82) is 0 Å². The second-order valence-corrected chi connectivity index (χ2v) is 9.91. The van der Waals surface area contributed by atoms with Crippen molar-refractivity contribution in [2.45, 2.75) is 37.1 Å². The molecule has 2 saturated heterocycles. The van der Waals surface area contributed by atoms with Gasteiger partial charge in [0.25, 0.3) is 5.91 Å². The summed E-state index contributed by atoms with van der Waals surface area (Å²) in [5.74, 6) is 0.508. The summed E-state index contributed by atoms with van der Waals surface area (Å²) in [6, 6.07) is 9.89. The van der Waals surface area contributed by atoms with Crippen LogP contribution in [0.1, 0.15) is 28.8 Å². The number of piperidine rings is 1. The third kappa shape index (κ3) is 5.34. The van der Waals surface area contributed by atoms with E-state index in [-0.39, 0.29) is 42.4 Å². The number of phenolic OH excluding ortho intramolecular Hbond substituents is 1. The normalized spacial score (nSPS) is 22.1. The predicted octanol–water partition coefficient (Wildman–Crippen LogP) is 2.00. The Hall–Kier alpha value is -2.56. The fourth-order valence-electron chi connectivity index (χ4n) is 4.92. The maximum absolute atomic E-state index is 12.7. The molecule has 3 N–H and O–H groups in total. The number of halogens is 1. The van der Waals surface area contributed by atoms with Crippen LogP contribution in [0, 0.1) is 0 Å². The Balaban J connectivity index is 1.13. The van der Waals surface area contributed by atoms with Gasteiger partial charge in [0.05, 0.1) is 12.1 Å². The van der Waals surface area contributed by atoms with E-state index in [0.717, 1.165) is 48.7 Å². The predicted molar refractivity (Wildman–Crippen MR) is 127 cm³/mol. The maximum atomic E-state index is 12.7. The molecule has 3 heterocycles. The summed E-state index contributed by atoms with van der Waals surface area (Å²) in [5, 5.41) is 31.9. The first-order valence-corrected chi connectivity index (χ1v) is 12.1. The number of aliphatic hydroxyl groups excluding tert-OH is 2. The van der Waals surface area contributed by atoms with Crippen LogP contribution in [0.15, 0.2) is 36.4 Å². The number of likely N-dealkylation sites (tertiary alicyclic amines) is 1. The molecule has 0 unspecified atom stereocenters. The van der Waals surface area contributed by atoms with E-state index in [2.05, 4.69) is 4.90 Å². The summed E-state index contributed by atoms with van der Waals surface area (Å²) >= 11 is 6.12. The summed E-state index contributed by atoms with van der Waals surface area (Å²) in [4.78, 5) is 20.1. The number of fused-ring (bicyclic) bond motifs is 1. The van der Waals surface area contributed by atoms with E-state index < -0.39 is 18.1 Å². The molecular formula is C25H29ClN2O7. The number of β-amino-alcohol motifs (C(OH)–C–C–N with tert-alkyl or cyclic N) is 2. The molecule has 10 heteroatoms. The van der Waals surface area contributed by atoms with Crippen LogP contribution in [0.2, 0.25) is 5.02 Å². The molecule has 3 aliphatic heterocycles. The lowest BCUT2D eigenvalue weighted by Gasteiger charge is -2.39. The van der Waals surface area contributed by atoms with Crippen LogP contribution in [-0.4, -0.2) is 88.4 Å². The van der Waals surface area contributed by atoms with Gasteiger partial charge in [-0.15, -0.1) is 0 Å². The van der Waals surface area contributed by atoms with Gasteiger partial charge in [-0.2, -0.15) is 0 Å². The number of phenols is 1. The number of hydrogen-bond acceptors (Lipinski definition) is 8. The number of ether oxygens (including phenoxy) is 2. The summed E-state index contributed by atoms with van der Waals surface area (Å²) in [7, 11) is 0. The van der Waals surface area contributed by atoms with Gasteiger partial charge in [0.2, 0.25) is 0 Å². The van der Waals surface area contributed by atoms with Crippen molar-refractivity contribution >= 4 is 17.5 Å². The summed E-state index contributed by atoms with van der Waals surface area (Å²) < 4.78 is 12.0. The lowest BCUT2D eigenvalue weighted by molar-refractivity contribution is -0.0781. The first kappa shape index (κ1) is 24.1. The zero-order valence-corrected chi connectivity index (χ0v) is 20.0. The highest BCUT2D eigenvalue weighted by Gasteiger charge is 2.42. The van der Waals surface area contributed by atoms with Gasteiger partial charge in [0, 0.05) is 50.0 Å². The molecule has 9 nitrogen and oxygen atoms in total. The molecule has 2 aromatic rings. The van der Waals surface area contributed by atoms with E-state index in [1.807, 2.05) is 18.2 Å². The van der Waals surface area contributed by atoms with Crippen LogP contribution < -0.4 is 9.47 Å². The van der Waals surface area contributed by atoms with Crippen LogP contribution in [0.4, 0.5) is 0 Å². The standard InChI is InChI=1S/C25H29ClN2O7/c26-17-1-4-22-16(9-17)11-25(35-22)5-7-27(8-6-25)12-19(30)14-33-23-10-18(29)2-3-21(23)24(32)28-13-20(31)15-34-28/h1-4,9-10,19-20,29-31H,5-8,11-15H2/t19-,20+/m0/s1. The molecule has 0 radical (unpaired) electrons. The van der Waals surface area contributed by atoms with Crippen LogP contribution in [0.25, 0.3) is 0 Å². The van der Waals surface area contributed by atoms with Gasteiger partial charge in [-0.3, -0.25) is 9.63 Å². The fourth-order valence-corrected chi connectivity index (χ4v) is 5.11. The number of carbonyl (C=O) groups excluding carboxylic acids is 1. The number of hydroxylamine groups is 2. The van der Waals surface area contributed by atoms with Crippen molar-refractivity contribution in [3.8, 4) is 17.2 Å². The van der Waals surface area contributed by atoms with Crippen molar-refractivity contribution in [3.05, 3.63) is 52.5 Å². The second-order valence-electron chi connectivity index (χ2n) is 9.48. The molecule has 0 saturated carbocycles. The molecule has 0 aromatic heterocycles. The molecule has 0 bridgehead atoms. The largest absolute Gasteiger partial charge is 0.508 e. The minimum absolute atomic E-state index is 0.0424. The van der Waals surface area contributed by atoms with Gasteiger partial charge in [0.1, 0.15) is 48.3 Å². The third-order valence-electron chi connectivity index (χ3n) is 6.75. The van der Waals surface area contributed by atoms with Gasteiger partial charge >= 0.3 is 0 Å². The number of rotatable bonds is 6. The Labute approximate surface area is 208 Å². The minimum Gasteiger partial charge on any atom is -0.508 e. The van der Waals surface area contributed by atoms with Crippen molar-refractivity contribution in [1.82, 2.24) is 9.96 Å². The monoisotopic (exact) mass is 504 g/mol. The van der Waals surface area contributed by atoms with Crippen LogP contribution >= 0.6 is 11.6 Å². The van der Waals surface area contributed by atoms with E-state index in [1.165, 1.54) is 18.2 Å². The molecule has 35 heavy (non-hydrogen) atoms. The number of benzene rings is 2. The summed E-state index contributed by atoms with van der Waals surface area (Å²) in [6.07, 6.45) is 1.00. The van der Waals surface area contributed by atoms with Crippen LogP contribution in [0.3, 0.4) is 0 Å². The summed E-state index contributed by atoms with van der Waals surface area (Å²) in [6.45, 7) is 2.03. The fraction of sp³-hybridized carbons (Fsp3) is 0.480. The first-order valence-electron chi connectivity index (χ1n) is 11.8. The van der Waals surface area contributed by atoms with E-state index >= 15 is 0 Å². The number of aliphatic hydroxyl groups is 2. The van der Waals surface area contributed by atoms with E-state index in [4.69, 9.17) is 25.9 Å². The zero-order chi connectivity index (χ0) is 24.6. The highest BCUT2D eigenvalue weighted by atomic mass is 35.5. The SMILES string of the molecule is O=C(c1ccc(O)cc1OC[C@@H](O)CN1CCC2(CC1)Cc1cc(Cl)ccc1O2)N1C[C@@H](O)CO1. The zero-order valence-electron chi connectivity index (χ0n) is 19.2. The molecule has 5 rings (SSSR count). The van der Waals surface area contributed by atoms with Crippen molar-refractivity contribution < 1.29 is 34.4 Å². The van der Waals surface area contributed by atoms with Crippen LogP contribution in [0.5, 0.6) is 17.2 Å². The number of hydrogen-bond donors (Lipinski definition) is 3. The van der Waals surface area contributed by atoms with Gasteiger partial charge in [-0.1, -0.05) is 11.6 Å². The number of aromatic hydroxyl groups is 1. The van der Waals surface area contributed by atoms with Gasteiger partial charge in [-0.05, 0) is 35.9 Å². The average molecular weight is 505 g/mol. The Morgan fingerprint density at radius 3 is 2.77 bits per heavy atom. The molecule has 1 amide bonds. The van der Waals surface area contributed by atoms with Gasteiger partial charge in [-0.25, -0.2) is 5.06 Å². The lowest BCUT2D eigenvalue weighted by Crippen LogP contribution is -2.49. The Kier molecular flexibility index (Phi) is 6.78. The number of amides is 1. The lowest BCUT2D eigenvalue weighted by atomic mass is 9.87. The molecule has 2 fully saturated rings. The van der Waals surface area contributed by atoms with Crippen molar-refractivity contribution in [2.75, 3.05) is 39.4 Å². The highest BCUT2D eigenvalue weighted by molar-refractivity contribution is 6.30. The van der Waals surface area contributed by atoms with E-state index in [9.17, 15) is 20.1 Å². The smallest absolute Gasteiger partial charge is 0.281 e. The number of carbonyl (C=O) groups is 1. The van der Waals surface area contributed by atoms with Gasteiger partial charge < -0.3 is 29.7 Å². The van der Waals surface area contributed by atoms with Gasteiger partial charge in [0.15, 0.2) is 0 Å². The minimum atomic E-state index is -0.792. The molecule has 2 atom stereocenters. The molecule has 2 aromatic carbocycles. The molecule has 3 aliphatic rings. The Morgan fingerprint density at radius 1 is 1.23 bits per heavy atom. The molecule has 1 spiro atoms. The Morgan fingerprint density at radius 2 is 2.03 bits per heavy atom. The molecular weight excluding hydrogens is 476 g/mol. The average Bonchev–Trinajstić information content (AvgIpc) is 3.42. The summed E-state index contributed by atoms with van der Waals surface area (Å²) in [5.41, 5.74) is 1.11. The van der Waals surface area contributed by atoms with Crippen molar-refractivity contribution in [2.24, 2.45) is 0 Å². The first-order chi connectivity index (χ1) is 16.8. The maximum Gasteiger partial charge on any atom is 0.281 e. The molecule has 188 valence electrons. The van der Waals surface area contributed by atoms with Crippen LogP contribution in [-0.2, 0) is 11.3 Å². The third-order valence-corrected chi connectivity index (χ3v) is 6.99. The molecule has 0 aliphatic carbocycles. The quantitative estimate of drug-likeness (QED) is 0.548. The number of nitrogens with zero attached hydrogens (tertiary/aromatic N) is 2. The van der Waals surface area contributed by atoms with E-state index in [1.54, 1.807) is 0 Å². The topological polar surface area (TPSA) is 112 Å². The second kappa shape index (κ2) is 9.83.